The molecular weight excluding hydrogens is 204 g/mol. The molecule has 0 fully saturated rings. The van der Waals surface area contributed by atoms with Gasteiger partial charge >= 0.3 is 0 Å². The summed E-state index contributed by atoms with van der Waals surface area (Å²) in [5.41, 5.74) is 2.02. The Labute approximate surface area is 95.0 Å². The van der Waals surface area contributed by atoms with Gasteiger partial charge in [-0.15, -0.1) is 0 Å². The number of hydrogen-bond donors (Lipinski definition) is 0. The van der Waals surface area contributed by atoms with E-state index in [1.807, 2.05) is 38.1 Å². The van der Waals surface area contributed by atoms with Crippen molar-refractivity contribution in [1.29, 1.82) is 5.26 Å². The number of nitrogens with zero attached hydrogens (tertiary/aromatic N) is 2. The smallest absolute Gasteiger partial charge is 0.231 e. The maximum absolute atomic E-state index is 9.16. The van der Waals surface area contributed by atoms with E-state index in [9.17, 15) is 0 Å². The van der Waals surface area contributed by atoms with E-state index in [0.717, 1.165) is 22.6 Å². The van der Waals surface area contributed by atoms with Crippen LogP contribution in [-0.2, 0) is 0 Å². The molecule has 2 rings (SSSR count). The minimum absolute atomic E-state index is 0.255. The minimum Gasteiger partial charge on any atom is -0.454 e. The third kappa shape index (κ3) is 1.70. The Balaban J connectivity index is 2.46. The van der Waals surface area contributed by atoms with Gasteiger partial charge in [0.1, 0.15) is 6.04 Å². The Hall–Kier alpha value is -1.73. The van der Waals surface area contributed by atoms with Crippen LogP contribution in [0.1, 0.15) is 17.2 Å². The molecule has 84 valence electrons. The fourth-order valence-electron chi connectivity index (χ4n) is 1.82. The van der Waals surface area contributed by atoms with Crippen molar-refractivity contribution in [2.45, 2.75) is 13.0 Å². The van der Waals surface area contributed by atoms with Crippen LogP contribution in [0.15, 0.2) is 12.1 Å². The Kier molecular flexibility index (Phi) is 2.71. The molecule has 16 heavy (non-hydrogen) atoms. The highest BCUT2D eigenvalue weighted by Gasteiger charge is 2.21. The highest BCUT2D eigenvalue weighted by molar-refractivity contribution is 5.50. The second-order valence-corrected chi connectivity index (χ2v) is 4.06. The van der Waals surface area contributed by atoms with Crippen LogP contribution in [0.5, 0.6) is 11.5 Å². The lowest BCUT2D eigenvalue weighted by Crippen LogP contribution is -2.19. The lowest BCUT2D eigenvalue weighted by atomic mass is 10.0. The molecule has 1 aliphatic heterocycles. The molecular formula is C12H14N2O2. The van der Waals surface area contributed by atoms with Gasteiger partial charge in [-0.05, 0) is 44.3 Å². The summed E-state index contributed by atoms with van der Waals surface area (Å²) in [6.45, 7) is 2.24. The van der Waals surface area contributed by atoms with Crippen molar-refractivity contribution in [1.82, 2.24) is 4.90 Å². The van der Waals surface area contributed by atoms with Crippen LogP contribution in [0.2, 0.25) is 0 Å². The number of benzene rings is 1. The molecule has 0 bridgehead atoms. The van der Waals surface area contributed by atoms with Gasteiger partial charge in [-0.3, -0.25) is 4.90 Å². The lowest BCUT2D eigenvalue weighted by molar-refractivity contribution is 0.174. The molecule has 1 heterocycles. The number of ether oxygens (including phenoxy) is 2. The molecule has 0 N–H and O–H groups in total. The maximum Gasteiger partial charge on any atom is 0.231 e. The summed E-state index contributed by atoms with van der Waals surface area (Å²) in [5.74, 6) is 1.49. The summed E-state index contributed by atoms with van der Waals surface area (Å²) < 4.78 is 10.6. The highest BCUT2D eigenvalue weighted by Crippen LogP contribution is 2.37. The average molecular weight is 218 g/mol. The van der Waals surface area contributed by atoms with Gasteiger partial charge in [-0.1, -0.05) is 0 Å². The van der Waals surface area contributed by atoms with Crippen molar-refractivity contribution in [3.63, 3.8) is 0 Å². The SMILES string of the molecule is Cc1cc2c(cc1C(C#N)N(C)C)OCO2. The zero-order valence-corrected chi connectivity index (χ0v) is 9.65. The van der Waals surface area contributed by atoms with Gasteiger partial charge in [0.25, 0.3) is 0 Å². The van der Waals surface area contributed by atoms with E-state index in [-0.39, 0.29) is 12.8 Å². The summed E-state index contributed by atoms with van der Waals surface area (Å²) in [7, 11) is 3.77. The maximum atomic E-state index is 9.16. The Bertz CT molecular complexity index is 449. The van der Waals surface area contributed by atoms with Gasteiger partial charge in [0.05, 0.1) is 6.07 Å². The highest BCUT2D eigenvalue weighted by atomic mass is 16.7. The van der Waals surface area contributed by atoms with Crippen LogP contribution in [-0.4, -0.2) is 25.8 Å². The molecule has 0 saturated heterocycles. The molecule has 0 amide bonds. The molecule has 0 spiro atoms. The predicted molar refractivity (Wildman–Crippen MR) is 59.3 cm³/mol. The van der Waals surface area contributed by atoms with Gasteiger partial charge < -0.3 is 9.47 Å². The zero-order chi connectivity index (χ0) is 11.7. The summed E-state index contributed by atoms with van der Waals surface area (Å²) in [4.78, 5) is 1.88. The van der Waals surface area contributed by atoms with Crippen molar-refractivity contribution in [3.8, 4) is 17.6 Å². The monoisotopic (exact) mass is 218 g/mol. The number of rotatable bonds is 2. The average Bonchev–Trinajstić information content (AvgIpc) is 2.65. The molecule has 1 aromatic rings. The Morgan fingerprint density at radius 1 is 1.31 bits per heavy atom. The van der Waals surface area contributed by atoms with E-state index in [2.05, 4.69) is 6.07 Å². The molecule has 4 nitrogen and oxygen atoms in total. The standard InChI is InChI=1S/C12H14N2O2/c1-8-4-11-12(16-7-15-11)5-9(8)10(6-13)14(2)3/h4-5,10H,7H2,1-3H3. The molecule has 1 atom stereocenters. The van der Waals surface area contributed by atoms with Crippen LogP contribution < -0.4 is 9.47 Å². The molecule has 0 aromatic heterocycles. The van der Waals surface area contributed by atoms with Gasteiger partial charge in [-0.25, -0.2) is 0 Å². The quantitative estimate of drug-likeness (QED) is 0.760. The molecule has 0 aliphatic carbocycles. The normalized spacial score (nSPS) is 14.9. The largest absolute Gasteiger partial charge is 0.454 e. The first-order valence-electron chi connectivity index (χ1n) is 5.09. The number of aryl methyl sites for hydroxylation is 1. The van der Waals surface area contributed by atoms with Gasteiger partial charge in [0.2, 0.25) is 6.79 Å². The third-order valence-electron chi connectivity index (χ3n) is 2.69. The van der Waals surface area contributed by atoms with Gasteiger partial charge in [-0.2, -0.15) is 5.26 Å². The summed E-state index contributed by atoms with van der Waals surface area (Å²) in [6, 6.07) is 5.84. The first kappa shape index (κ1) is 10.8. The van der Waals surface area contributed by atoms with Crippen molar-refractivity contribution in [3.05, 3.63) is 23.3 Å². The Morgan fingerprint density at radius 2 is 1.94 bits per heavy atom. The summed E-state index contributed by atoms with van der Waals surface area (Å²) >= 11 is 0. The van der Waals surface area contributed by atoms with E-state index >= 15 is 0 Å². The molecule has 0 radical (unpaired) electrons. The minimum atomic E-state index is -0.255. The van der Waals surface area contributed by atoms with E-state index in [4.69, 9.17) is 14.7 Å². The molecule has 1 aliphatic rings. The van der Waals surface area contributed by atoms with Crippen molar-refractivity contribution in [2.24, 2.45) is 0 Å². The lowest BCUT2D eigenvalue weighted by Gasteiger charge is -2.19. The first-order chi connectivity index (χ1) is 7.63. The number of fused-ring (bicyclic) bond motifs is 1. The topological polar surface area (TPSA) is 45.5 Å². The van der Waals surface area contributed by atoms with Gasteiger partial charge in [0, 0.05) is 0 Å². The fourth-order valence-corrected chi connectivity index (χ4v) is 1.82. The van der Waals surface area contributed by atoms with Crippen LogP contribution >= 0.6 is 0 Å². The van der Waals surface area contributed by atoms with Crippen molar-refractivity contribution < 1.29 is 9.47 Å². The molecule has 1 unspecified atom stereocenters. The van der Waals surface area contributed by atoms with Crippen molar-refractivity contribution >= 4 is 0 Å². The third-order valence-corrected chi connectivity index (χ3v) is 2.69. The molecule has 1 aromatic carbocycles. The van der Waals surface area contributed by atoms with E-state index in [1.165, 1.54) is 0 Å². The van der Waals surface area contributed by atoms with Crippen LogP contribution in [0, 0.1) is 18.3 Å². The molecule has 0 saturated carbocycles. The van der Waals surface area contributed by atoms with Crippen LogP contribution in [0.4, 0.5) is 0 Å². The second kappa shape index (κ2) is 4.03. The predicted octanol–water partition coefficient (Wildman–Crippen LogP) is 1.85. The van der Waals surface area contributed by atoms with E-state index in [0.29, 0.717) is 0 Å². The van der Waals surface area contributed by atoms with Crippen molar-refractivity contribution in [2.75, 3.05) is 20.9 Å². The number of hydrogen-bond acceptors (Lipinski definition) is 4. The second-order valence-electron chi connectivity index (χ2n) is 4.06. The summed E-state index contributed by atoms with van der Waals surface area (Å²) in [5, 5.41) is 9.16. The number of nitriles is 1. The fraction of sp³-hybridized carbons (Fsp3) is 0.417. The first-order valence-corrected chi connectivity index (χ1v) is 5.09. The zero-order valence-electron chi connectivity index (χ0n) is 9.65. The van der Waals surface area contributed by atoms with E-state index in [1.54, 1.807) is 0 Å². The Morgan fingerprint density at radius 3 is 2.50 bits per heavy atom. The van der Waals surface area contributed by atoms with Crippen LogP contribution in [0.3, 0.4) is 0 Å². The van der Waals surface area contributed by atoms with Gasteiger partial charge in [0.15, 0.2) is 11.5 Å². The molecule has 4 heteroatoms. The van der Waals surface area contributed by atoms with Crippen LogP contribution in [0.25, 0.3) is 0 Å². The van der Waals surface area contributed by atoms with E-state index < -0.39 is 0 Å². The summed E-state index contributed by atoms with van der Waals surface area (Å²) in [6.07, 6.45) is 0.